The molecule has 1 heterocycles. The summed E-state index contributed by atoms with van der Waals surface area (Å²) in [5.41, 5.74) is 2.56. The fourth-order valence-electron chi connectivity index (χ4n) is 1.78. The molecule has 78 valence electrons. The van der Waals surface area contributed by atoms with Gasteiger partial charge in [-0.15, -0.1) is 0 Å². The minimum absolute atomic E-state index is 0.0723. The number of para-hydroxylation sites is 1. The summed E-state index contributed by atoms with van der Waals surface area (Å²) in [4.78, 5) is 15.2. The van der Waals surface area contributed by atoms with Crippen LogP contribution in [0.2, 0.25) is 5.02 Å². The van der Waals surface area contributed by atoms with Crippen LogP contribution in [-0.2, 0) is 6.42 Å². The molecule has 0 spiro atoms. The van der Waals surface area contributed by atoms with Crippen molar-refractivity contribution in [2.45, 2.75) is 20.3 Å². The van der Waals surface area contributed by atoms with Gasteiger partial charge in [0, 0.05) is 16.6 Å². The molecule has 2 aromatic rings. The number of aromatic nitrogens is 1. The lowest BCUT2D eigenvalue weighted by molar-refractivity contribution is 1.02. The highest BCUT2D eigenvalue weighted by molar-refractivity contribution is 6.35. The molecule has 2 rings (SSSR count). The lowest BCUT2D eigenvalue weighted by Crippen LogP contribution is -2.11. The van der Waals surface area contributed by atoms with Crippen LogP contribution in [0.3, 0.4) is 0 Å². The number of aromatic amines is 1. The molecule has 0 radical (unpaired) electrons. The topological polar surface area (TPSA) is 32.9 Å². The van der Waals surface area contributed by atoms with Crippen LogP contribution in [0.1, 0.15) is 18.2 Å². The SMILES string of the molecule is CCc1[nH]c2c(Cl)cccc2c(=O)c1C. The zero-order chi connectivity index (χ0) is 11.0. The highest BCUT2D eigenvalue weighted by atomic mass is 35.5. The molecule has 0 saturated heterocycles. The maximum absolute atomic E-state index is 12.0. The Morgan fingerprint density at radius 2 is 2.13 bits per heavy atom. The van der Waals surface area contributed by atoms with Gasteiger partial charge < -0.3 is 4.98 Å². The molecule has 0 aliphatic heterocycles. The molecule has 0 bridgehead atoms. The highest BCUT2D eigenvalue weighted by Gasteiger charge is 2.08. The van der Waals surface area contributed by atoms with Gasteiger partial charge in [0.2, 0.25) is 0 Å². The predicted octanol–water partition coefficient (Wildman–Crippen LogP) is 3.05. The number of H-pyrrole nitrogens is 1. The van der Waals surface area contributed by atoms with Crippen molar-refractivity contribution < 1.29 is 0 Å². The number of hydrogen-bond acceptors (Lipinski definition) is 1. The Hall–Kier alpha value is -1.28. The number of aryl methyl sites for hydroxylation is 1. The van der Waals surface area contributed by atoms with Gasteiger partial charge in [0.25, 0.3) is 0 Å². The Labute approximate surface area is 92.9 Å². The standard InChI is InChI=1S/C12H12ClNO/c1-3-10-7(2)12(15)8-5-4-6-9(13)11(8)14-10/h4-6H,3H2,1-2H3,(H,14,15). The van der Waals surface area contributed by atoms with Crippen LogP contribution in [0.4, 0.5) is 0 Å². The Morgan fingerprint density at radius 1 is 1.40 bits per heavy atom. The molecule has 15 heavy (non-hydrogen) atoms. The van der Waals surface area contributed by atoms with Crippen LogP contribution >= 0.6 is 11.6 Å². The van der Waals surface area contributed by atoms with Crippen LogP contribution in [0.15, 0.2) is 23.0 Å². The maximum Gasteiger partial charge on any atom is 0.192 e. The molecule has 0 aliphatic carbocycles. The van der Waals surface area contributed by atoms with Gasteiger partial charge in [-0.25, -0.2) is 0 Å². The molecular formula is C12H12ClNO. The number of halogens is 1. The van der Waals surface area contributed by atoms with E-state index in [1.54, 1.807) is 18.2 Å². The molecule has 0 unspecified atom stereocenters. The van der Waals surface area contributed by atoms with Crippen molar-refractivity contribution in [3.05, 3.63) is 44.7 Å². The molecule has 1 aromatic carbocycles. The van der Waals surface area contributed by atoms with E-state index < -0.39 is 0 Å². The first kappa shape index (κ1) is 10.2. The minimum atomic E-state index is 0.0723. The average molecular weight is 222 g/mol. The largest absolute Gasteiger partial charge is 0.357 e. The van der Waals surface area contributed by atoms with E-state index in [0.29, 0.717) is 10.4 Å². The summed E-state index contributed by atoms with van der Waals surface area (Å²) in [6.45, 7) is 3.86. The van der Waals surface area contributed by atoms with E-state index in [4.69, 9.17) is 11.6 Å². The van der Waals surface area contributed by atoms with Gasteiger partial charge in [-0.3, -0.25) is 4.79 Å². The van der Waals surface area contributed by atoms with E-state index >= 15 is 0 Å². The quantitative estimate of drug-likeness (QED) is 0.789. The number of benzene rings is 1. The smallest absolute Gasteiger partial charge is 0.192 e. The van der Waals surface area contributed by atoms with Gasteiger partial charge in [-0.2, -0.15) is 0 Å². The molecule has 2 nitrogen and oxygen atoms in total. The maximum atomic E-state index is 12.0. The zero-order valence-electron chi connectivity index (χ0n) is 8.73. The summed E-state index contributed by atoms with van der Waals surface area (Å²) >= 11 is 6.04. The second kappa shape index (κ2) is 3.70. The Bertz CT molecular complexity index is 572. The van der Waals surface area contributed by atoms with Crippen molar-refractivity contribution in [3.63, 3.8) is 0 Å². The summed E-state index contributed by atoms with van der Waals surface area (Å²) in [5, 5.41) is 1.26. The summed E-state index contributed by atoms with van der Waals surface area (Å²) in [6.07, 6.45) is 0.808. The molecular weight excluding hydrogens is 210 g/mol. The van der Waals surface area contributed by atoms with Gasteiger partial charge in [0.05, 0.1) is 10.5 Å². The zero-order valence-corrected chi connectivity index (χ0v) is 9.48. The first-order valence-electron chi connectivity index (χ1n) is 4.95. The molecule has 0 amide bonds. The number of fused-ring (bicyclic) bond motifs is 1. The lowest BCUT2D eigenvalue weighted by atomic mass is 10.1. The van der Waals surface area contributed by atoms with Gasteiger partial charge >= 0.3 is 0 Å². The van der Waals surface area contributed by atoms with E-state index in [1.807, 2.05) is 13.8 Å². The van der Waals surface area contributed by atoms with Crippen LogP contribution in [0.5, 0.6) is 0 Å². The minimum Gasteiger partial charge on any atom is -0.357 e. The fourth-order valence-corrected chi connectivity index (χ4v) is 2.00. The van der Waals surface area contributed by atoms with Crippen molar-refractivity contribution >= 4 is 22.5 Å². The Kier molecular flexibility index (Phi) is 2.53. The normalized spacial score (nSPS) is 10.9. The first-order chi connectivity index (χ1) is 7.15. The van der Waals surface area contributed by atoms with Gasteiger partial charge in [-0.1, -0.05) is 24.6 Å². The van der Waals surface area contributed by atoms with E-state index in [9.17, 15) is 4.79 Å². The monoisotopic (exact) mass is 221 g/mol. The van der Waals surface area contributed by atoms with Crippen molar-refractivity contribution in [2.75, 3.05) is 0 Å². The number of nitrogens with one attached hydrogen (secondary N) is 1. The Balaban J connectivity index is 2.98. The molecule has 0 saturated carbocycles. The van der Waals surface area contributed by atoms with E-state index in [0.717, 1.165) is 23.2 Å². The number of hydrogen-bond donors (Lipinski definition) is 1. The van der Waals surface area contributed by atoms with Crippen molar-refractivity contribution in [1.29, 1.82) is 0 Å². The van der Waals surface area contributed by atoms with Crippen molar-refractivity contribution in [2.24, 2.45) is 0 Å². The van der Waals surface area contributed by atoms with Crippen LogP contribution < -0.4 is 5.43 Å². The molecule has 3 heteroatoms. The van der Waals surface area contributed by atoms with Crippen LogP contribution in [0.25, 0.3) is 10.9 Å². The first-order valence-corrected chi connectivity index (χ1v) is 5.33. The van der Waals surface area contributed by atoms with Crippen molar-refractivity contribution in [3.8, 4) is 0 Å². The van der Waals surface area contributed by atoms with Crippen LogP contribution in [-0.4, -0.2) is 4.98 Å². The third-order valence-electron chi connectivity index (χ3n) is 2.68. The van der Waals surface area contributed by atoms with E-state index in [2.05, 4.69) is 4.98 Å². The summed E-state index contributed by atoms with van der Waals surface area (Å²) in [6, 6.07) is 5.38. The lowest BCUT2D eigenvalue weighted by Gasteiger charge is -2.07. The summed E-state index contributed by atoms with van der Waals surface area (Å²) < 4.78 is 0. The van der Waals surface area contributed by atoms with E-state index in [1.165, 1.54) is 0 Å². The van der Waals surface area contributed by atoms with Gasteiger partial charge in [0.15, 0.2) is 5.43 Å². The molecule has 0 fully saturated rings. The average Bonchev–Trinajstić information content (AvgIpc) is 2.24. The fraction of sp³-hybridized carbons (Fsp3) is 0.250. The van der Waals surface area contributed by atoms with Gasteiger partial charge in [-0.05, 0) is 25.5 Å². The summed E-state index contributed by atoms with van der Waals surface area (Å²) in [7, 11) is 0. The molecule has 1 aromatic heterocycles. The third kappa shape index (κ3) is 1.55. The Morgan fingerprint density at radius 3 is 2.80 bits per heavy atom. The molecule has 0 atom stereocenters. The second-order valence-corrected chi connectivity index (χ2v) is 3.98. The highest BCUT2D eigenvalue weighted by Crippen LogP contribution is 2.20. The van der Waals surface area contributed by atoms with Gasteiger partial charge in [0.1, 0.15) is 0 Å². The third-order valence-corrected chi connectivity index (χ3v) is 3.00. The molecule has 1 N–H and O–H groups in total. The van der Waals surface area contributed by atoms with Crippen LogP contribution in [0, 0.1) is 6.92 Å². The number of pyridine rings is 1. The molecule has 0 aliphatic rings. The van der Waals surface area contributed by atoms with Crippen molar-refractivity contribution in [1.82, 2.24) is 4.98 Å². The van der Waals surface area contributed by atoms with E-state index in [-0.39, 0.29) is 5.43 Å². The second-order valence-electron chi connectivity index (χ2n) is 3.57. The summed E-state index contributed by atoms with van der Waals surface area (Å²) in [5.74, 6) is 0. The number of rotatable bonds is 1. The predicted molar refractivity (Wildman–Crippen MR) is 63.7 cm³/mol.